The standard InChI is InChI=1S/C13H14N2.C8H14N2O/c14-13-9-5-1-3-7-11(9)15-12-8-4-2-6-10(12)13;1-10-5-3-4-8(7-10)6-9-11-2/h1,3,5,7H,2,4,6,8H2,(H2,14,15);4,6H,3,5,7H2,1-2H3/b;9-6+. The molecule has 1 aliphatic heterocycles. The van der Waals surface area contributed by atoms with Gasteiger partial charge in [0.1, 0.15) is 7.11 Å². The van der Waals surface area contributed by atoms with Crippen molar-refractivity contribution < 1.29 is 4.84 Å². The summed E-state index contributed by atoms with van der Waals surface area (Å²) in [5.74, 6) is 0. The van der Waals surface area contributed by atoms with Gasteiger partial charge in [-0.15, -0.1) is 0 Å². The first-order valence-electron chi connectivity index (χ1n) is 9.29. The van der Waals surface area contributed by atoms with Crippen molar-refractivity contribution in [3.63, 3.8) is 0 Å². The second-order valence-corrected chi connectivity index (χ2v) is 6.90. The van der Waals surface area contributed by atoms with Crippen molar-refractivity contribution in [2.45, 2.75) is 32.1 Å². The number of pyridine rings is 1. The van der Waals surface area contributed by atoms with Crippen LogP contribution in [-0.4, -0.2) is 43.3 Å². The zero-order valence-electron chi connectivity index (χ0n) is 15.7. The number of hydrogen-bond donors (Lipinski definition) is 1. The van der Waals surface area contributed by atoms with Gasteiger partial charge in [0.25, 0.3) is 0 Å². The number of nitrogens with zero attached hydrogens (tertiary/aromatic N) is 3. The monoisotopic (exact) mass is 352 g/mol. The maximum atomic E-state index is 6.20. The van der Waals surface area contributed by atoms with E-state index in [1.54, 1.807) is 13.3 Å². The Morgan fingerprint density at radius 1 is 1.23 bits per heavy atom. The zero-order valence-corrected chi connectivity index (χ0v) is 15.7. The molecule has 0 saturated heterocycles. The number of oxime groups is 1. The van der Waals surface area contributed by atoms with Crippen molar-refractivity contribution in [3.8, 4) is 0 Å². The number of likely N-dealkylation sites (N-methyl/N-ethyl adjacent to an activating group) is 1. The number of nitrogens with two attached hydrogens (primary N) is 1. The van der Waals surface area contributed by atoms with Crippen LogP contribution in [0.25, 0.3) is 10.9 Å². The van der Waals surface area contributed by atoms with Crippen molar-refractivity contribution >= 4 is 22.8 Å². The van der Waals surface area contributed by atoms with Crippen molar-refractivity contribution in [2.24, 2.45) is 5.16 Å². The summed E-state index contributed by atoms with van der Waals surface area (Å²) in [7, 11) is 3.66. The Labute approximate surface area is 155 Å². The molecule has 4 rings (SSSR count). The Balaban J connectivity index is 0.000000160. The van der Waals surface area contributed by atoms with E-state index in [4.69, 9.17) is 10.7 Å². The molecular weight excluding hydrogens is 324 g/mol. The van der Waals surface area contributed by atoms with E-state index >= 15 is 0 Å². The molecule has 2 aromatic rings. The van der Waals surface area contributed by atoms with Gasteiger partial charge in [-0.1, -0.05) is 29.4 Å². The molecule has 0 amide bonds. The highest BCUT2D eigenvalue weighted by Gasteiger charge is 2.15. The van der Waals surface area contributed by atoms with Gasteiger partial charge in [-0.25, -0.2) is 0 Å². The fraction of sp³-hybridized carbons (Fsp3) is 0.429. The van der Waals surface area contributed by atoms with Crippen LogP contribution >= 0.6 is 0 Å². The molecule has 1 aromatic heterocycles. The van der Waals surface area contributed by atoms with E-state index in [0.29, 0.717) is 0 Å². The molecule has 138 valence electrons. The number of rotatable bonds is 2. The number of aromatic nitrogens is 1. The Kier molecular flexibility index (Phi) is 6.23. The topological polar surface area (TPSA) is 63.7 Å². The molecule has 2 aliphatic rings. The lowest BCUT2D eigenvalue weighted by atomic mass is 9.93. The average molecular weight is 352 g/mol. The molecule has 0 radical (unpaired) electrons. The molecule has 0 unspecified atom stereocenters. The first-order chi connectivity index (χ1) is 12.7. The van der Waals surface area contributed by atoms with Crippen molar-refractivity contribution in [3.05, 3.63) is 47.2 Å². The van der Waals surface area contributed by atoms with Gasteiger partial charge >= 0.3 is 0 Å². The van der Waals surface area contributed by atoms with E-state index in [2.05, 4.69) is 34.1 Å². The highest BCUT2D eigenvalue weighted by atomic mass is 16.6. The van der Waals surface area contributed by atoms with Crippen LogP contribution in [0.5, 0.6) is 0 Å². The van der Waals surface area contributed by atoms with Crippen LogP contribution in [0.2, 0.25) is 0 Å². The molecule has 26 heavy (non-hydrogen) atoms. The minimum atomic E-state index is 0.954. The predicted molar refractivity (Wildman–Crippen MR) is 108 cm³/mol. The Hall–Kier alpha value is -2.40. The third-order valence-corrected chi connectivity index (χ3v) is 4.91. The summed E-state index contributed by atoms with van der Waals surface area (Å²) in [4.78, 5) is 11.5. The van der Waals surface area contributed by atoms with Crippen LogP contribution in [0.1, 0.15) is 30.5 Å². The SMILES string of the molecule is CO/N=C/C1=CCCN(C)C1.Nc1c2c(nc3ccccc13)CCCC2. The van der Waals surface area contributed by atoms with Gasteiger partial charge in [0, 0.05) is 29.9 Å². The lowest BCUT2D eigenvalue weighted by Crippen LogP contribution is -2.25. The summed E-state index contributed by atoms with van der Waals surface area (Å²) in [6.45, 7) is 2.12. The molecule has 1 aromatic carbocycles. The number of aryl methyl sites for hydroxylation is 1. The maximum Gasteiger partial charge on any atom is 0.106 e. The van der Waals surface area contributed by atoms with Gasteiger partial charge in [-0.3, -0.25) is 4.98 Å². The minimum Gasteiger partial charge on any atom is -0.399 e. The highest BCUT2D eigenvalue weighted by molar-refractivity contribution is 5.92. The third-order valence-electron chi connectivity index (χ3n) is 4.91. The third kappa shape index (κ3) is 4.41. The van der Waals surface area contributed by atoms with Crippen molar-refractivity contribution in [1.82, 2.24) is 9.88 Å². The fourth-order valence-electron chi connectivity index (χ4n) is 3.55. The second kappa shape index (κ2) is 8.81. The molecule has 5 nitrogen and oxygen atoms in total. The summed E-state index contributed by atoms with van der Waals surface area (Å²) in [5, 5.41) is 4.82. The summed E-state index contributed by atoms with van der Waals surface area (Å²) in [6, 6.07) is 8.15. The summed E-state index contributed by atoms with van der Waals surface area (Å²) in [5.41, 5.74) is 11.9. The quantitative estimate of drug-likeness (QED) is 0.663. The Morgan fingerprint density at radius 2 is 2.04 bits per heavy atom. The van der Waals surface area contributed by atoms with Gasteiger partial charge in [0.05, 0.1) is 11.7 Å². The molecule has 0 atom stereocenters. The van der Waals surface area contributed by atoms with Gasteiger partial charge in [-0.2, -0.15) is 0 Å². The van der Waals surface area contributed by atoms with Gasteiger partial charge in [0.15, 0.2) is 0 Å². The van der Waals surface area contributed by atoms with Crippen molar-refractivity contribution in [2.75, 3.05) is 33.0 Å². The van der Waals surface area contributed by atoms with E-state index in [9.17, 15) is 0 Å². The minimum absolute atomic E-state index is 0.954. The number of hydrogen-bond acceptors (Lipinski definition) is 5. The molecule has 0 bridgehead atoms. The largest absolute Gasteiger partial charge is 0.399 e. The van der Waals surface area contributed by atoms with E-state index in [-0.39, 0.29) is 0 Å². The Bertz CT molecular complexity index is 813. The normalized spacial score (nSPS) is 17.4. The van der Waals surface area contributed by atoms with Crippen LogP contribution in [0.15, 0.2) is 41.1 Å². The molecule has 0 spiro atoms. The first-order valence-corrected chi connectivity index (χ1v) is 9.29. The van der Waals surface area contributed by atoms with Crippen molar-refractivity contribution in [1.29, 1.82) is 0 Å². The van der Waals surface area contributed by atoms with Crippen LogP contribution in [-0.2, 0) is 17.7 Å². The Morgan fingerprint density at radius 3 is 2.85 bits per heavy atom. The molecule has 2 heterocycles. The number of benzene rings is 1. The van der Waals surface area contributed by atoms with Gasteiger partial charge in [0.2, 0.25) is 0 Å². The number of anilines is 1. The van der Waals surface area contributed by atoms with E-state index < -0.39 is 0 Å². The summed E-state index contributed by atoms with van der Waals surface area (Å²) in [6.07, 6.45) is 9.76. The van der Waals surface area contributed by atoms with E-state index in [1.807, 2.05) is 18.2 Å². The molecule has 5 heteroatoms. The lowest BCUT2D eigenvalue weighted by Gasteiger charge is -2.20. The van der Waals surface area contributed by atoms with E-state index in [1.165, 1.54) is 29.7 Å². The molecule has 2 N–H and O–H groups in total. The molecule has 1 aliphatic carbocycles. The average Bonchev–Trinajstić information content (AvgIpc) is 2.67. The summed E-state index contributed by atoms with van der Waals surface area (Å²) < 4.78 is 0. The van der Waals surface area contributed by atoms with E-state index in [0.717, 1.165) is 48.9 Å². The predicted octanol–water partition coefficient (Wildman–Crippen LogP) is 3.58. The highest BCUT2D eigenvalue weighted by Crippen LogP contribution is 2.30. The van der Waals surface area contributed by atoms with Crippen LogP contribution in [0.3, 0.4) is 0 Å². The lowest BCUT2D eigenvalue weighted by molar-refractivity contribution is 0.215. The first kappa shape index (κ1) is 18.4. The number of fused-ring (bicyclic) bond motifs is 2. The molecule has 0 fully saturated rings. The van der Waals surface area contributed by atoms with Crippen LogP contribution in [0.4, 0.5) is 5.69 Å². The maximum absolute atomic E-state index is 6.20. The second-order valence-electron chi connectivity index (χ2n) is 6.90. The van der Waals surface area contributed by atoms with Gasteiger partial charge < -0.3 is 15.5 Å². The van der Waals surface area contributed by atoms with Crippen LogP contribution < -0.4 is 5.73 Å². The smallest absolute Gasteiger partial charge is 0.106 e. The number of para-hydroxylation sites is 1. The summed E-state index contributed by atoms with van der Waals surface area (Å²) >= 11 is 0. The molecule has 0 saturated carbocycles. The van der Waals surface area contributed by atoms with Crippen LogP contribution in [0, 0.1) is 0 Å². The zero-order chi connectivity index (χ0) is 18.4. The fourth-order valence-corrected chi connectivity index (χ4v) is 3.55. The number of nitrogen functional groups attached to an aromatic ring is 1. The van der Waals surface area contributed by atoms with Gasteiger partial charge in [-0.05, 0) is 56.4 Å². The molecular formula is C21H28N4O.